The summed E-state index contributed by atoms with van der Waals surface area (Å²) in [5.74, 6) is 0.910. The molecule has 0 aliphatic rings. The van der Waals surface area contributed by atoms with Crippen molar-refractivity contribution >= 4 is 5.97 Å². The molecule has 0 aromatic rings. The number of rotatable bonds is 11. The minimum absolute atomic E-state index is 0.0679. The van der Waals surface area contributed by atoms with Gasteiger partial charge in [0.2, 0.25) is 0 Å². The summed E-state index contributed by atoms with van der Waals surface area (Å²) >= 11 is 0. The number of aliphatic hydroxyl groups excluding tert-OH is 1. The Labute approximate surface area is 137 Å². The minimum atomic E-state index is -0.574. The van der Waals surface area contributed by atoms with Gasteiger partial charge in [-0.25, -0.2) is 4.79 Å². The van der Waals surface area contributed by atoms with Crippen molar-refractivity contribution in [1.29, 1.82) is 0 Å². The summed E-state index contributed by atoms with van der Waals surface area (Å²) in [6.07, 6.45) is 4.60. The number of hydrogen-bond acceptors (Lipinski definition) is 3. The van der Waals surface area contributed by atoms with E-state index in [2.05, 4.69) is 41.2 Å². The lowest BCUT2D eigenvalue weighted by Crippen LogP contribution is -2.22. The van der Waals surface area contributed by atoms with E-state index in [9.17, 15) is 9.90 Å². The third-order valence-corrected chi connectivity index (χ3v) is 4.58. The van der Waals surface area contributed by atoms with Gasteiger partial charge in [0.25, 0.3) is 0 Å². The largest absolute Gasteiger partial charge is 0.460 e. The third-order valence-electron chi connectivity index (χ3n) is 4.58. The molecule has 22 heavy (non-hydrogen) atoms. The van der Waals surface area contributed by atoms with Crippen LogP contribution in [0.2, 0.25) is 0 Å². The van der Waals surface area contributed by atoms with E-state index in [1.54, 1.807) is 6.92 Å². The lowest BCUT2D eigenvalue weighted by Gasteiger charge is -2.31. The second-order valence-electron chi connectivity index (χ2n) is 7.69. The molecule has 0 amide bonds. The maximum Gasteiger partial charge on any atom is 0.333 e. The molecule has 0 aromatic heterocycles. The van der Waals surface area contributed by atoms with E-state index in [1.165, 1.54) is 12.8 Å². The van der Waals surface area contributed by atoms with E-state index >= 15 is 0 Å². The number of carbonyl (C=O) groups excluding carboxylic acids is 1. The van der Waals surface area contributed by atoms with Crippen molar-refractivity contribution in [3.63, 3.8) is 0 Å². The van der Waals surface area contributed by atoms with Gasteiger partial charge in [-0.05, 0) is 37.0 Å². The van der Waals surface area contributed by atoms with E-state index in [4.69, 9.17) is 4.74 Å². The predicted octanol–water partition coefficient (Wildman–Crippen LogP) is 4.74. The zero-order chi connectivity index (χ0) is 17.3. The molecule has 0 bridgehead atoms. The van der Waals surface area contributed by atoms with E-state index in [0.29, 0.717) is 29.2 Å². The zero-order valence-electron chi connectivity index (χ0n) is 15.4. The maximum absolute atomic E-state index is 11.3. The first-order chi connectivity index (χ1) is 10.1. The van der Waals surface area contributed by atoms with Crippen LogP contribution in [0, 0.1) is 17.3 Å². The highest BCUT2D eigenvalue weighted by Gasteiger charge is 2.23. The highest BCUT2D eigenvalue weighted by atomic mass is 16.5. The quantitative estimate of drug-likeness (QED) is 0.443. The van der Waals surface area contributed by atoms with Crippen LogP contribution in [0.25, 0.3) is 0 Å². The number of carbonyl (C=O) groups is 1. The van der Waals surface area contributed by atoms with Crippen LogP contribution in [0.3, 0.4) is 0 Å². The van der Waals surface area contributed by atoms with Gasteiger partial charge in [0.1, 0.15) is 6.61 Å². The standard InChI is InChI=1S/C19H36O3/c1-8-19(6,7)12-16(14(2)3)10-9-11-17(20)13-22-18(21)15(4)5/h14,16-17,20H,4,8-13H2,1-3,5-7H3. The van der Waals surface area contributed by atoms with Crippen LogP contribution in [0.4, 0.5) is 0 Å². The Hall–Kier alpha value is -0.830. The highest BCUT2D eigenvalue weighted by Crippen LogP contribution is 2.34. The first-order valence-corrected chi connectivity index (χ1v) is 8.59. The van der Waals surface area contributed by atoms with Crippen molar-refractivity contribution < 1.29 is 14.6 Å². The molecule has 0 saturated carbocycles. The van der Waals surface area contributed by atoms with Crippen LogP contribution in [-0.4, -0.2) is 23.8 Å². The van der Waals surface area contributed by atoms with Crippen LogP contribution in [0.5, 0.6) is 0 Å². The molecule has 0 fully saturated rings. The Kier molecular flexibility index (Phi) is 9.66. The van der Waals surface area contributed by atoms with Gasteiger partial charge < -0.3 is 9.84 Å². The monoisotopic (exact) mass is 312 g/mol. The lowest BCUT2D eigenvalue weighted by molar-refractivity contribution is -0.142. The summed E-state index contributed by atoms with van der Waals surface area (Å²) < 4.78 is 4.98. The summed E-state index contributed by atoms with van der Waals surface area (Å²) in [4.78, 5) is 11.3. The van der Waals surface area contributed by atoms with Crippen molar-refractivity contribution in [2.24, 2.45) is 17.3 Å². The fourth-order valence-electron chi connectivity index (χ4n) is 2.52. The van der Waals surface area contributed by atoms with Gasteiger partial charge in [-0.3, -0.25) is 0 Å². The molecule has 130 valence electrons. The predicted molar refractivity (Wildman–Crippen MR) is 92.6 cm³/mol. The molecule has 3 heteroatoms. The first kappa shape index (κ1) is 21.2. The molecule has 0 heterocycles. The molecule has 0 radical (unpaired) electrons. The van der Waals surface area contributed by atoms with E-state index in [-0.39, 0.29) is 6.61 Å². The van der Waals surface area contributed by atoms with E-state index < -0.39 is 12.1 Å². The number of aliphatic hydroxyl groups is 1. The molecule has 1 N–H and O–H groups in total. The Balaban J connectivity index is 4.12. The maximum atomic E-state index is 11.3. The van der Waals surface area contributed by atoms with Gasteiger partial charge in [0, 0.05) is 5.57 Å². The van der Waals surface area contributed by atoms with Crippen molar-refractivity contribution in [2.45, 2.75) is 79.8 Å². The number of ether oxygens (including phenoxy) is 1. The summed E-state index contributed by atoms with van der Waals surface area (Å²) in [5.41, 5.74) is 0.749. The van der Waals surface area contributed by atoms with Crippen molar-refractivity contribution in [3.05, 3.63) is 12.2 Å². The van der Waals surface area contributed by atoms with Crippen molar-refractivity contribution in [3.8, 4) is 0 Å². The zero-order valence-corrected chi connectivity index (χ0v) is 15.4. The van der Waals surface area contributed by atoms with Crippen LogP contribution in [0.15, 0.2) is 12.2 Å². The van der Waals surface area contributed by atoms with Gasteiger partial charge in [0.15, 0.2) is 0 Å². The smallest absolute Gasteiger partial charge is 0.333 e. The molecule has 3 nitrogen and oxygen atoms in total. The molecule has 0 saturated heterocycles. The molecule has 0 aliphatic carbocycles. The summed E-state index contributed by atoms with van der Waals surface area (Å²) in [6.45, 7) is 16.7. The minimum Gasteiger partial charge on any atom is -0.460 e. The summed E-state index contributed by atoms with van der Waals surface area (Å²) in [6, 6.07) is 0. The second kappa shape index (κ2) is 10.0. The summed E-state index contributed by atoms with van der Waals surface area (Å²) in [7, 11) is 0. The summed E-state index contributed by atoms with van der Waals surface area (Å²) in [5, 5.41) is 9.90. The number of esters is 1. The van der Waals surface area contributed by atoms with Gasteiger partial charge in [0.05, 0.1) is 6.10 Å². The van der Waals surface area contributed by atoms with Crippen LogP contribution < -0.4 is 0 Å². The molecule has 0 rings (SSSR count). The average molecular weight is 312 g/mol. The molecular formula is C19H36O3. The van der Waals surface area contributed by atoms with Crippen LogP contribution >= 0.6 is 0 Å². The fraction of sp³-hybridized carbons (Fsp3) is 0.842. The van der Waals surface area contributed by atoms with Crippen molar-refractivity contribution in [2.75, 3.05) is 6.61 Å². The van der Waals surface area contributed by atoms with Gasteiger partial charge in [-0.15, -0.1) is 0 Å². The van der Waals surface area contributed by atoms with Gasteiger partial charge >= 0.3 is 5.97 Å². The first-order valence-electron chi connectivity index (χ1n) is 8.59. The Bertz CT molecular complexity index is 345. The topological polar surface area (TPSA) is 46.5 Å². The fourth-order valence-corrected chi connectivity index (χ4v) is 2.52. The Morgan fingerprint density at radius 2 is 1.86 bits per heavy atom. The lowest BCUT2D eigenvalue weighted by atomic mass is 9.75. The SMILES string of the molecule is C=C(C)C(=O)OCC(O)CCCC(CC(C)(C)CC)C(C)C. The molecular weight excluding hydrogens is 276 g/mol. The molecule has 0 spiro atoms. The van der Waals surface area contributed by atoms with E-state index in [0.717, 1.165) is 12.8 Å². The molecule has 0 aromatic carbocycles. The normalized spacial score (nSPS) is 14.7. The third kappa shape index (κ3) is 9.24. The number of hydrogen-bond donors (Lipinski definition) is 1. The van der Waals surface area contributed by atoms with Crippen LogP contribution in [0.1, 0.15) is 73.6 Å². The van der Waals surface area contributed by atoms with Crippen LogP contribution in [-0.2, 0) is 9.53 Å². The van der Waals surface area contributed by atoms with Gasteiger partial charge in [-0.2, -0.15) is 0 Å². The Morgan fingerprint density at radius 3 is 2.32 bits per heavy atom. The van der Waals surface area contributed by atoms with Gasteiger partial charge in [-0.1, -0.05) is 60.5 Å². The van der Waals surface area contributed by atoms with Crippen molar-refractivity contribution in [1.82, 2.24) is 0 Å². The average Bonchev–Trinajstić information content (AvgIpc) is 2.43. The highest BCUT2D eigenvalue weighted by molar-refractivity contribution is 5.86. The molecule has 0 aliphatic heterocycles. The second-order valence-corrected chi connectivity index (χ2v) is 7.69. The van der Waals surface area contributed by atoms with E-state index in [1.807, 2.05) is 0 Å². The molecule has 2 atom stereocenters. The molecule has 2 unspecified atom stereocenters. The Morgan fingerprint density at radius 1 is 1.27 bits per heavy atom.